The Morgan fingerprint density at radius 2 is 1.74 bits per heavy atom. The summed E-state index contributed by atoms with van der Waals surface area (Å²) in [6.07, 6.45) is 0. The van der Waals surface area contributed by atoms with Crippen molar-refractivity contribution in [1.29, 1.82) is 0 Å². The van der Waals surface area contributed by atoms with Crippen molar-refractivity contribution in [3.63, 3.8) is 0 Å². The highest BCUT2D eigenvalue weighted by Crippen LogP contribution is 2.26. The van der Waals surface area contributed by atoms with Gasteiger partial charge in [0.2, 0.25) is 0 Å². The van der Waals surface area contributed by atoms with Gasteiger partial charge in [-0.15, -0.1) is 0 Å². The molecule has 3 rings (SSSR count). The van der Waals surface area contributed by atoms with Crippen molar-refractivity contribution in [3.8, 4) is 0 Å². The molecule has 0 saturated heterocycles. The SMILES string of the molecule is CN(C(=O)c1c(Cl)cccc1Cl)c1nc2ccccc2c(=O)o1. The normalized spacial score (nSPS) is 10.7. The topological polar surface area (TPSA) is 63.4 Å². The molecule has 0 N–H and O–H groups in total. The van der Waals surface area contributed by atoms with Gasteiger partial charge < -0.3 is 4.42 Å². The first kappa shape index (κ1) is 15.5. The zero-order chi connectivity index (χ0) is 16.6. The Kier molecular flexibility index (Phi) is 4.07. The molecule has 1 heterocycles. The number of para-hydroxylation sites is 1. The zero-order valence-electron chi connectivity index (χ0n) is 11.9. The first-order valence-electron chi connectivity index (χ1n) is 6.61. The van der Waals surface area contributed by atoms with Crippen LogP contribution >= 0.6 is 23.2 Å². The maximum Gasteiger partial charge on any atom is 0.348 e. The number of aromatic nitrogens is 1. The number of nitrogens with zero attached hydrogens (tertiary/aromatic N) is 2. The number of hydrogen-bond donors (Lipinski definition) is 0. The predicted octanol–water partition coefficient (Wildman–Crippen LogP) is 3.77. The van der Waals surface area contributed by atoms with Crippen LogP contribution in [0.3, 0.4) is 0 Å². The third kappa shape index (κ3) is 2.81. The Labute approximate surface area is 141 Å². The second kappa shape index (κ2) is 6.02. The van der Waals surface area contributed by atoms with Crippen LogP contribution in [0.2, 0.25) is 10.0 Å². The molecule has 0 radical (unpaired) electrons. The Morgan fingerprint density at radius 1 is 1.09 bits per heavy atom. The van der Waals surface area contributed by atoms with E-state index >= 15 is 0 Å². The van der Waals surface area contributed by atoms with E-state index in [0.29, 0.717) is 10.9 Å². The summed E-state index contributed by atoms with van der Waals surface area (Å²) in [6.45, 7) is 0. The third-order valence-electron chi connectivity index (χ3n) is 3.29. The van der Waals surface area contributed by atoms with Crippen LogP contribution in [-0.4, -0.2) is 17.9 Å². The molecular weight excluding hydrogens is 339 g/mol. The van der Waals surface area contributed by atoms with Crippen LogP contribution < -0.4 is 10.5 Å². The summed E-state index contributed by atoms with van der Waals surface area (Å²) in [5.41, 5.74) is -0.0184. The molecule has 1 amide bonds. The van der Waals surface area contributed by atoms with E-state index < -0.39 is 11.5 Å². The van der Waals surface area contributed by atoms with Gasteiger partial charge in [0.1, 0.15) is 0 Å². The number of anilines is 1. The molecule has 7 heteroatoms. The standard InChI is InChI=1S/C16H10Cl2N2O3/c1-20(14(21)13-10(17)6-4-7-11(13)18)16-19-12-8-3-2-5-9(12)15(22)23-16/h2-8H,1H3. The second-order valence-electron chi connectivity index (χ2n) is 4.76. The van der Waals surface area contributed by atoms with Gasteiger partial charge in [-0.1, -0.05) is 41.4 Å². The van der Waals surface area contributed by atoms with Crippen molar-refractivity contribution in [2.75, 3.05) is 11.9 Å². The van der Waals surface area contributed by atoms with Crippen LogP contribution in [-0.2, 0) is 0 Å². The van der Waals surface area contributed by atoms with Crippen molar-refractivity contribution >= 4 is 46.0 Å². The van der Waals surface area contributed by atoms with Crippen molar-refractivity contribution in [1.82, 2.24) is 4.98 Å². The fourth-order valence-corrected chi connectivity index (χ4v) is 2.67. The van der Waals surface area contributed by atoms with Crippen molar-refractivity contribution in [2.24, 2.45) is 0 Å². The summed E-state index contributed by atoms with van der Waals surface area (Å²) >= 11 is 12.1. The van der Waals surface area contributed by atoms with E-state index in [2.05, 4.69) is 4.98 Å². The van der Waals surface area contributed by atoms with Crippen molar-refractivity contribution in [2.45, 2.75) is 0 Å². The number of rotatable bonds is 2. The summed E-state index contributed by atoms with van der Waals surface area (Å²) in [5, 5.41) is 0.753. The molecule has 0 aliphatic rings. The van der Waals surface area contributed by atoms with Gasteiger partial charge in [-0.3, -0.25) is 9.69 Å². The minimum atomic E-state index is -0.574. The van der Waals surface area contributed by atoms with Crippen LogP contribution in [0.4, 0.5) is 6.01 Å². The van der Waals surface area contributed by atoms with Crippen LogP contribution in [0, 0.1) is 0 Å². The lowest BCUT2D eigenvalue weighted by molar-refractivity contribution is 0.0987. The summed E-state index contributed by atoms with van der Waals surface area (Å²) in [6, 6.07) is 11.3. The van der Waals surface area contributed by atoms with Gasteiger partial charge in [0.05, 0.1) is 26.5 Å². The molecule has 0 aliphatic carbocycles. The summed E-state index contributed by atoms with van der Waals surface area (Å²) < 4.78 is 5.13. The van der Waals surface area contributed by atoms with Gasteiger partial charge in [-0.25, -0.2) is 4.79 Å². The highest BCUT2D eigenvalue weighted by atomic mass is 35.5. The van der Waals surface area contributed by atoms with Crippen molar-refractivity contribution < 1.29 is 9.21 Å². The van der Waals surface area contributed by atoms with E-state index in [4.69, 9.17) is 27.6 Å². The van der Waals surface area contributed by atoms with Gasteiger partial charge in [-0.2, -0.15) is 4.98 Å². The molecule has 0 fully saturated rings. The Balaban J connectivity index is 2.08. The number of benzene rings is 2. The first-order chi connectivity index (χ1) is 11.0. The third-order valence-corrected chi connectivity index (χ3v) is 3.92. The molecule has 0 spiro atoms. The van der Waals surface area contributed by atoms with Crippen LogP contribution in [0.25, 0.3) is 10.9 Å². The second-order valence-corrected chi connectivity index (χ2v) is 5.58. The largest absolute Gasteiger partial charge is 0.388 e. The van der Waals surface area contributed by atoms with E-state index in [0.717, 1.165) is 4.90 Å². The number of fused-ring (bicyclic) bond motifs is 1. The number of halogens is 2. The average Bonchev–Trinajstić information content (AvgIpc) is 2.53. The van der Waals surface area contributed by atoms with Crippen LogP contribution in [0.1, 0.15) is 10.4 Å². The number of amides is 1. The molecular formula is C16H10Cl2N2O3. The monoisotopic (exact) mass is 348 g/mol. The lowest BCUT2D eigenvalue weighted by Gasteiger charge is -2.16. The van der Waals surface area contributed by atoms with Crippen molar-refractivity contribution in [3.05, 3.63) is 68.5 Å². The number of carbonyl (C=O) groups excluding carboxylic acids is 1. The van der Waals surface area contributed by atoms with Gasteiger partial charge in [0.15, 0.2) is 0 Å². The fraction of sp³-hybridized carbons (Fsp3) is 0.0625. The molecule has 116 valence electrons. The first-order valence-corrected chi connectivity index (χ1v) is 7.36. The minimum Gasteiger partial charge on any atom is -0.388 e. The van der Waals surface area contributed by atoms with E-state index in [1.807, 2.05) is 0 Å². The smallest absolute Gasteiger partial charge is 0.348 e. The van der Waals surface area contributed by atoms with Gasteiger partial charge >= 0.3 is 11.6 Å². The average molecular weight is 349 g/mol. The lowest BCUT2D eigenvalue weighted by Crippen LogP contribution is -2.28. The van der Waals surface area contributed by atoms with Crippen LogP contribution in [0.15, 0.2) is 51.7 Å². The van der Waals surface area contributed by atoms with Gasteiger partial charge in [-0.05, 0) is 24.3 Å². The summed E-state index contributed by atoms with van der Waals surface area (Å²) in [4.78, 5) is 29.9. The highest BCUT2D eigenvalue weighted by molar-refractivity contribution is 6.40. The predicted molar refractivity (Wildman–Crippen MR) is 89.5 cm³/mol. The minimum absolute atomic E-state index is 0.121. The van der Waals surface area contributed by atoms with E-state index in [1.165, 1.54) is 7.05 Å². The maximum atomic E-state index is 12.6. The molecule has 0 atom stereocenters. The summed E-state index contributed by atoms with van der Waals surface area (Å²) in [7, 11) is 1.43. The maximum absolute atomic E-state index is 12.6. The zero-order valence-corrected chi connectivity index (χ0v) is 13.4. The molecule has 2 aromatic carbocycles. The van der Waals surface area contributed by atoms with Gasteiger partial charge in [0, 0.05) is 7.05 Å². The van der Waals surface area contributed by atoms with E-state index in [-0.39, 0.29) is 21.6 Å². The molecule has 0 bridgehead atoms. The molecule has 0 aliphatic heterocycles. The van der Waals surface area contributed by atoms with E-state index in [1.54, 1.807) is 42.5 Å². The molecule has 0 unspecified atom stereocenters. The molecule has 23 heavy (non-hydrogen) atoms. The molecule has 3 aromatic rings. The number of hydrogen-bond acceptors (Lipinski definition) is 4. The highest BCUT2D eigenvalue weighted by Gasteiger charge is 2.22. The quantitative estimate of drug-likeness (QED) is 0.707. The molecule has 1 aromatic heterocycles. The molecule has 5 nitrogen and oxygen atoms in total. The number of carbonyl (C=O) groups is 1. The summed E-state index contributed by atoms with van der Waals surface area (Å²) in [5.74, 6) is -0.522. The van der Waals surface area contributed by atoms with Gasteiger partial charge in [0.25, 0.3) is 5.91 Å². The Morgan fingerprint density at radius 3 is 2.43 bits per heavy atom. The Hall–Kier alpha value is -2.37. The fourth-order valence-electron chi connectivity index (χ4n) is 2.11. The Bertz CT molecular complexity index is 949. The molecule has 0 saturated carbocycles. The van der Waals surface area contributed by atoms with Crippen LogP contribution in [0.5, 0.6) is 0 Å². The van der Waals surface area contributed by atoms with E-state index in [9.17, 15) is 9.59 Å². The lowest BCUT2D eigenvalue weighted by atomic mass is 10.2.